The molecule has 0 N–H and O–H groups in total. The SMILES string of the molecule is CCSCCC(C)n1c(CCl)nc2ccc(Cl)cc21. The topological polar surface area (TPSA) is 17.8 Å². The van der Waals surface area contributed by atoms with Crippen molar-refractivity contribution < 1.29 is 0 Å². The monoisotopic (exact) mass is 316 g/mol. The number of imidazole rings is 1. The van der Waals surface area contributed by atoms with Crippen molar-refractivity contribution in [1.82, 2.24) is 9.55 Å². The molecule has 1 heterocycles. The highest BCUT2D eigenvalue weighted by Crippen LogP contribution is 2.27. The van der Waals surface area contributed by atoms with Gasteiger partial charge in [0, 0.05) is 11.1 Å². The van der Waals surface area contributed by atoms with E-state index in [0.29, 0.717) is 11.9 Å². The number of nitrogens with zero attached hydrogens (tertiary/aromatic N) is 2. The van der Waals surface area contributed by atoms with Gasteiger partial charge in [-0.15, -0.1) is 11.6 Å². The first-order chi connectivity index (χ1) is 9.17. The molecule has 0 radical (unpaired) electrons. The van der Waals surface area contributed by atoms with Gasteiger partial charge in [0.2, 0.25) is 0 Å². The lowest BCUT2D eigenvalue weighted by molar-refractivity contribution is 0.534. The molecule has 19 heavy (non-hydrogen) atoms. The molecule has 104 valence electrons. The largest absolute Gasteiger partial charge is 0.324 e. The van der Waals surface area contributed by atoms with Gasteiger partial charge in [0.1, 0.15) is 5.82 Å². The zero-order valence-electron chi connectivity index (χ0n) is 11.2. The molecule has 1 aromatic carbocycles. The fourth-order valence-electron chi connectivity index (χ4n) is 2.23. The Hall–Kier alpha value is -0.380. The van der Waals surface area contributed by atoms with E-state index in [1.807, 2.05) is 30.0 Å². The maximum atomic E-state index is 6.10. The van der Waals surface area contributed by atoms with Crippen molar-refractivity contribution in [3.63, 3.8) is 0 Å². The summed E-state index contributed by atoms with van der Waals surface area (Å²) in [4.78, 5) is 4.59. The Morgan fingerprint density at radius 2 is 2.21 bits per heavy atom. The van der Waals surface area contributed by atoms with Gasteiger partial charge in [-0.25, -0.2) is 4.98 Å². The van der Waals surface area contributed by atoms with Crippen LogP contribution < -0.4 is 0 Å². The van der Waals surface area contributed by atoms with Gasteiger partial charge in [-0.05, 0) is 43.0 Å². The Morgan fingerprint density at radius 1 is 1.42 bits per heavy atom. The van der Waals surface area contributed by atoms with Gasteiger partial charge in [-0.3, -0.25) is 0 Å². The van der Waals surface area contributed by atoms with Crippen LogP contribution in [-0.4, -0.2) is 21.1 Å². The van der Waals surface area contributed by atoms with E-state index in [1.165, 1.54) is 0 Å². The maximum Gasteiger partial charge on any atom is 0.125 e. The lowest BCUT2D eigenvalue weighted by Gasteiger charge is -2.16. The number of thioether (sulfide) groups is 1. The van der Waals surface area contributed by atoms with Gasteiger partial charge in [-0.2, -0.15) is 11.8 Å². The molecule has 0 saturated heterocycles. The van der Waals surface area contributed by atoms with Gasteiger partial charge in [0.25, 0.3) is 0 Å². The summed E-state index contributed by atoms with van der Waals surface area (Å²) in [5.74, 6) is 3.66. The molecule has 0 bridgehead atoms. The minimum atomic E-state index is 0.385. The molecule has 0 spiro atoms. The number of rotatable bonds is 6. The Balaban J connectivity index is 2.35. The van der Waals surface area contributed by atoms with E-state index in [-0.39, 0.29) is 0 Å². The quantitative estimate of drug-likeness (QED) is 0.543. The molecular weight excluding hydrogens is 299 g/mol. The van der Waals surface area contributed by atoms with Crippen LogP contribution >= 0.6 is 35.0 Å². The van der Waals surface area contributed by atoms with Crippen molar-refractivity contribution in [3.05, 3.63) is 29.0 Å². The minimum absolute atomic E-state index is 0.385. The van der Waals surface area contributed by atoms with Crippen LogP contribution in [0.5, 0.6) is 0 Å². The number of alkyl halides is 1. The number of halogens is 2. The third-order valence-corrected chi connectivity index (χ3v) is 4.58. The fourth-order valence-corrected chi connectivity index (χ4v) is 3.38. The summed E-state index contributed by atoms with van der Waals surface area (Å²) in [7, 11) is 0. The van der Waals surface area contributed by atoms with Crippen LogP contribution in [0.1, 0.15) is 32.1 Å². The molecule has 2 aromatic rings. The van der Waals surface area contributed by atoms with Crippen LogP contribution in [0.15, 0.2) is 18.2 Å². The standard InChI is InChI=1S/C14H18Cl2N2S/c1-3-19-7-6-10(2)18-13-8-11(16)4-5-12(13)17-14(18)9-15/h4-5,8,10H,3,6-7,9H2,1-2H3. The lowest BCUT2D eigenvalue weighted by atomic mass is 10.2. The summed E-state index contributed by atoms with van der Waals surface area (Å²) >= 11 is 14.1. The van der Waals surface area contributed by atoms with Gasteiger partial charge >= 0.3 is 0 Å². The number of benzene rings is 1. The third kappa shape index (κ3) is 3.39. The molecule has 2 rings (SSSR count). The van der Waals surface area contributed by atoms with Gasteiger partial charge in [0.05, 0.1) is 16.9 Å². The van der Waals surface area contributed by atoms with Crippen LogP contribution in [0.4, 0.5) is 0 Å². The Bertz CT molecular complexity index is 554. The molecule has 5 heteroatoms. The molecule has 0 aliphatic carbocycles. The predicted molar refractivity (Wildman–Crippen MR) is 86.6 cm³/mol. The van der Waals surface area contributed by atoms with Crippen LogP contribution in [0.3, 0.4) is 0 Å². The summed E-state index contributed by atoms with van der Waals surface area (Å²) in [5.41, 5.74) is 2.05. The number of fused-ring (bicyclic) bond motifs is 1. The summed E-state index contributed by atoms with van der Waals surface area (Å²) in [6.07, 6.45) is 1.11. The molecular formula is C14H18Cl2N2S. The number of hydrogen-bond acceptors (Lipinski definition) is 2. The third-order valence-electron chi connectivity index (χ3n) is 3.17. The van der Waals surface area contributed by atoms with E-state index in [4.69, 9.17) is 23.2 Å². The van der Waals surface area contributed by atoms with Crippen molar-refractivity contribution in [1.29, 1.82) is 0 Å². The minimum Gasteiger partial charge on any atom is -0.324 e. The summed E-state index contributed by atoms with van der Waals surface area (Å²) in [6.45, 7) is 4.40. The van der Waals surface area contributed by atoms with Crippen LogP contribution in [0, 0.1) is 0 Å². The second kappa shape index (κ2) is 6.87. The molecule has 0 aliphatic rings. The Labute approximate surface area is 128 Å². The highest BCUT2D eigenvalue weighted by atomic mass is 35.5. The van der Waals surface area contributed by atoms with Crippen LogP contribution in [0.25, 0.3) is 11.0 Å². The van der Waals surface area contributed by atoms with Gasteiger partial charge in [0.15, 0.2) is 0 Å². The first-order valence-corrected chi connectivity index (χ1v) is 8.54. The van der Waals surface area contributed by atoms with E-state index in [9.17, 15) is 0 Å². The predicted octanol–water partition coefficient (Wildman–Crippen LogP) is 5.13. The van der Waals surface area contributed by atoms with Crippen molar-refractivity contribution in [2.75, 3.05) is 11.5 Å². The summed E-state index contributed by atoms with van der Waals surface area (Å²) in [5, 5.41) is 0.741. The molecule has 1 unspecified atom stereocenters. The van der Waals surface area contributed by atoms with Crippen molar-refractivity contribution in [2.24, 2.45) is 0 Å². The average Bonchev–Trinajstić information content (AvgIpc) is 2.76. The van der Waals surface area contributed by atoms with Gasteiger partial charge < -0.3 is 4.57 Å². The highest BCUT2D eigenvalue weighted by Gasteiger charge is 2.15. The Morgan fingerprint density at radius 3 is 2.89 bits per heavy atom. The van der Waals surface area contributed by atoms with E-state index in [0.717, 1.165) is 39.8 Å². The van der Waals surface area contributed by atoms with Crippen molar-refractivity contribution >= 4 is 46.0 Å². The zero-order valence-corrected chi connectivity index (χ0v) is 13.5. The highest BCUT2D eigenvalue weighted by molar-refractivity contribution is 7.99. The van der Waals surface area contributed by atoms with Crippen LogP contribution in [-0.2, 0) is 5.88 Å². The molecule has 1 aromatic heterocycles. The first-order valence-electron chi connectivity index (χ1n) is 6.47. The Kier molecular flexibility index (Phi) is 5.43. The second-order valence-electron chi connectivity index (χ2n) is 4.50. The van der Waals surface area contributed by atoms with E-state index in [1.54, 1.807) is 0 Å². The zero-order chi connectivity index (χ0) is 13.8. The fraction of sp³-hybridized carbons (Fsp3) is 0.500. The molecule has 0 saturated carbocycles. The molecule has 0 aliphatic heterocycles. The van der Waals surface area contributed by atoms with Crippen molar-refractivity contribution in [3.8, 4) is 0 Å². The van der Waals surface area contributed by atoms with Gasteiger partial charge in [-0.1, -0.05) is 18.5 Å². The second-order valence-corrected chi connectivity index (χ2v) is 6.60. The van der Waals surface area contributed by atoms with E-state index in [2.05, 4.69) is 23.4 Å². The van der Waals surface area contributed by atoms with E-state index < -0.39 is 0 Å². The lowest BCUT2D eigenvalue weighted by Crippen LogP contribution is -2.09. The molecule has 0 amide bonds. The maximum absolute atomic E-state index is 6.10. The smallest absolute Gasteiger partial charge is 0.125 e. The number of hydrogen-bond donors (Lipinski definition) is 0. The number of aromatic nitrogens is 2. The summed E-state index contributed by atoms with van der Waals surface area (Å²) < 4.78 is 2.23. The van der Waals surface area contributed by atoms with E-state index >= 15 is 0 Å². The molecule has 2 nitrogen and oxygen atoms in total. The molecule has 1 atom stereocenters. The van der Waals surface area contributed by atoms with Crippen molar-refractivity contribution in [2.45, 2.75) is 32.2 Å². The average molecular weight is 317 g/mol. The summed E-state index contributed by atoms with van der Waals surface area (Å²) in [6, 6.07) is 6.19. The first kappa shape index (κ1) is 15.0. The normalized spacial score (nSPS) is 13.1. The van der Waals surface area contributed by atoms with Crippen LogP contribution in [0.2, 0.25) is 5.02 Å². The molecule has 0 fully saturated rings.